The zero-order chi connectivity index (χ0) is 20.5. The van der Waals surface area contributed by atoms with E-state index in [1.54, 1.807) is 0 Å². The first kappa shape index (κ1) is 18.4. The van der Waals surface area contributed by atoms with Crippen LogP contribution in [0.4, 0.5) is 0 Å². The molecule has 0 amide bonds. The predicted molar refractivity (Wildman–Crippen MR) is 122 cm³/mol. The fourth-order valence-electron chi connectivity index (χ4n) is 4.05. The summed E-state index contributed by atoms with van der Waals surface area (Å²) in [6.45, 7) is 0. The fourth-order valence-corrected chi connectivity index (χ4v) is 4.05. The quantitative estimate of drug-likeness (QED) is 0.458. The molecule has 0 aliphatic heterocycles. The van der Waals surface area contributed by atoms with E-state index < -0.39 is 0 Å². The van der Waals surface area contributed by atoms with Gasteiger partial charge in [-0.15, -0.1) is 0 Å². The number of pyridine rings is 2. The summed E-state index contributed by atoms with van der Waals surface area (Å²) in [7, 11) is 0. The van der Waals surface area contributed by atoms with Crippen LogP contribution in [-0.4, -0.2) is 9.97 Å². The van der Waals surface area contributed by atoms with Crippen LogP contribution in [0.25, 0.3) is 21.8 Å². The molecular formula is C26H22N4. The topological polar surface area (TPSA) is 77.8 Å². The van der Waals surface area contributed by atoms with Gasteiger partial charge in [0.05, 0.1) is 23.1 Å². The summed E-state index contributed by atoms with van der Waals surface area (Å²) in [5.41, 5.74) is 19.4. The van der Waals surface area contributed by atoms with Gasteiger partial charge in [0, 0.05) is 23.2 Å². The summed E-state index contributed by atoms with van der Waals surface area (Å²) in [6, 6.07) is 28.0. The van der Waals surface area contributed by atoms with E-state index in [4.69, 9.17) is 11.5 Å². The first-order valence-corrected chi connectivity index (χ1v) is 10.0. The maximum Gasteiger partial charge on any atom is 0.0705 e. The minimum Gasteiger partial charge on any atom is -0.320 e. The lowest BCUT2D eigenvalue weighted by Crippen LogP contribution is -2.15. The molecule has 2 aromatic heterocycles. The second kappa shape index (κ2) is 7.67. The van der Waals surface area contributed by atoms with Gasteiger partial charge in [-0.3, -0.25) is 9.97 Å². The molecule has 2 atom stereocenters. The highest BCUT2D eigenvalue weighted by molar-refractivity contribution is 5.83. The highest BCUT2D eigenvalue weighted by Crippen LogP contribution is 2.29. The Bertz CT molecular complexity index is 1210. The lowest BCUT2D eigenvalue weighted by atomic mass is 9.92. The molecule has 0 saturated carbocycles. The molecule has 0 spiro atoms. The van der Waals surface area contributed by atoms with Crippen molar-refractivity contribution in [3.8, 4) is 0 Å². The van der Waals surface area contributed by atoms with Crippen LogP contribution < -0.4 is 11.5 Å². The molecule has 0 fully saturated rings. The smallest absolute Gasteiger partial charge is 0.0705 e. The number of nitrogens with zero attached hydrogens (tertiary/aromatic N) is 2. The monoisotopic (exact) mass is 390 g/mol. The maximum absolute atomic E-state index is 6.63. The van der Waals surface area contributed by atoms with E-state index in [9.17, 15) is 0 Å². The minimum atomic E-state index is -0.232. The van der Waals surface area contributed by atoms with E-state index in [0.29, 0.717) is 0 Å². The summed E-state index contributed by atoms with van der Waals surface area (Å²) in [6.07, 6.45) is 3.63. The molecule has 0 aliphatic rings. The molecule has 5 aromatic rings. The lowest BCUT2D eigenvalue weighted by Gasteiger charge is -2.18. The molecule has 4 N–H and O–H groups in total. The Hall–Kier alpha value is -3.60. The number of nitrogens with two attached hydrogens (primary N) is 2. The number of hydrogen-bond acceptors (Lipinski definition) is 4. The van der Waals surface area contributed by atoms with Crippen molar-refractivity contribution < 1.29 is 0 Å². The molecule has 4 nitrogen and oxygen atoms in total. The van der Waals surface area contributed by atoms with E-state index in [1.807, 2.05) is 60.9 Å². The van der Waals surface area contributed by atoms with Crippen molar-refractivity contribution >= 4 is 21.8 Å². The molecular weight excluding hydrogens is 368 g/mol. The first-order chi connectivity index (χ1) is 14.7. The molecule has 0 bridgehead atoms. The second-order valence-corrected chi connectivity index (χ2v) is 7.46. The van der Waals surface area contributed by atoms with Crippen LogP contribution in [0.15, 0.2) is 97.3 Å². The van der Waals surface area contributed by atoms with E-state index in [0.717, 1.165) is 44.1 Å². The molecule has 2 heterocycles. The third kappa shape index (κ3) is 3.22. The number of fused-ring (bicyclic) bond motifs is 2. The Morgan fingerprint density at radius 2 is 0.900 bits per heavy atom. The van der Waals surface area contributed by atoms with E-state index in [1.165, 1.54) is 0 Å². The van der Waals surface area contributed by atoms with Crippen molar-refractivity contribution in [2.24, 2.45) is 11.5 Å². The van der Waals surface area contributed by atoms with Crippen LogP contribution in [0.5, 0.6) is 0 Å². The van der Waals surface area contributed by atoms with Gasteiger partial charge in [0.25, 0.3) is 0 Å². The van der Waals surface area contributed by atoms with Crippen molar-refractivity contribution in [3.05, 3.63) is 120 Å². The molecule has 0 radical (unpaired) electrons. The van der Waals surface area contributed by atoms with Crippen LogP contribution in [0, 0.1) is 0 Å². The highest BCUT2D eigenvalue weighted by Gasteiger charge is 2.15. The van der Waals surface area contributed by atoms with E-state index in [2.05, 4.69) is 46.4 Å². The van der Waals surface area contributed by atoms with Gasteiger partial charge < -0.3 is 11.5 Å². The van der Waals surface area contributed by atoms with Crippen LogP contribution in [0.1, 0.15) is 34.3 Å². The molecule has 3 aromatic carbocycles. The third-order valence-electron chi connectivity index (χ3n) is 5.69. The van der Waals surface area contributed by atoms with Gasteiger partial charge >= 0.3 is 0 Å². The molecule has 0 saturated heterocycles. The van der Waals surface area contributed by atoms with Gasteiger partial charge in [-0.05, 0) is 46.5 Å². The minimum absolute atomic E-state index is 0.232. The van der Waals surface area contributed by atoms with Crippen molar-refractivity contribution in [2.75, 3.05) is 0 Å². The summed E-state index contributed by atoms with van der Waals surface area (Å²) >= 11 is 0. The highest BCUT2D eigenvalue weighted by atomic mass is 14.7. The summed E-state index contributed by atoms with van der Waals surface area (Å²) in [4.78, 5) is 8.87. The Labute approximate surface area is 175 Å². The van der Waals surface area contributed by atoms with E-state index >= 15 is 0 Å². The van der Waals surface area contributed by atoms with Gasteiger partial charge in [0.15, 0.2) is 0 Å². The number of benzene rings is 3. The Kier molecular flexibility index (Phi) is 4.71. The van der Waals surface area contributed by atoms with Crippen LogP contribution in [-0.2, 0) is 0 Å². The van der Waals surface area contributed by atoms with Gasteiger partial charge in [-0.25, -0.2) is 0 Å². The molecule has 5 rings (SSSR count). The zero-order valence-electron chi connectivity index (χ0n) is 16.4. The summed E-state index contributed by atoms with van der Waals surface area (Å²) in [5, 5.41) is 2.16. The van der Waals surface area contributed by atoms with Crippen LogP contribution >= 0.6 is 0 Å². The maximum atomic E-state index is 6.63. The Morgan fingerprint density at radius 3 is 1.33 bits per heavy atom. The number of hydrogen-bond donors (Lipinski definition) is 2. The van der Waals surface area contributed by atoms with Crippen molar-refractivity contribution in [1.29, 1.82) is 0 Å². The zero-order valence-corrected chi connectivity index (χ0v) is 16.4. The third-order valence-corrected chi connectivity index (χ3v) is 5.69. The summed E-state index contributed by atoms with van der Waals surface area (Å²) in [5.74, 6) is 0. The Morgan fingerprint density at radius 1 is 0.500 bits per heavy atom. The second-order valence-electron chi connectivity index (χ2n) is 7.46. The standard InChI is InChI=1S/C26H22N4/c27-25(21-13-15-29-23-7-3-1-5-19(21)23)17-9-11-18(12-10-17)26(28)22-14-16-30-24-8-4-2-6-20(22)24/h1-16,25-26H,27-28H2. The van der Waals surface area contributed by atoms with Crippen molar-refractivity contribution in [3.63, 3.8) is 0 Å². The number of aromatic nitrogens is 2. The molecule has 0 aliphatic carbocycles. The Balaban J connectivity index is 1.48. The van der Waals surface area contributed by atoms with Gasteiger partial charge in [-0.1, -0.05) is 60.7 Å². The molecule has 146 valence electrons. The first-order valence-electron chi connectivity index (χ1n) is 10.0. The van der Waals surface area contributed by atoms with Crippen LogP contribution in [0.3, 0.4) is 0 Å². The van der Waals surface area contributed by atoms with Gasteiger partial charge in [0.1, 0.15) is 0 Å². The average molecular weight is 390 g/mol. The number of para-hydroxylation sites is 2. The van der Waals surface area contributed by atoms with Gasteiger partial charge in [-0.2, -0.15) is 0 Å². The lowest BCUT2D eigenvalue weighted by molar-refractivity contribution is 0.857. The van der Waals surface area contributed by atoms with Crippen molar-refractivity contribution in [1.82, 2.24) is 9.97 Å². The fraction of sp³-hybridized carbons (Fsp3) is 0.0769. The van der Waals surface area contributed by atoms with E-state index in [-0.39, 0.29) is 12.1 Å². The largest absolute Gasteiger partial charge is 0.320 e. The average Bonchev–Trinajstić information content (AvgIpc) is 2.82. The van der Waals surface area contributed by atoms with Crippen LogP contribution in [0.2, 0.25) is 0 Å². The molecule has 30 heavy (non-hydrogen) atoms. The normalized spacial score (nSPS) is 13.4. The van der Waals surface area contributed by atoms with Crippen molar-refractivity contribution in [2.45, 2.75) is 12.1 Å². The predicted octanol–water partition coefficient (Wildman–Crippen LogP) is 4.88. The van der Waals surface area contributed by atoms with Gasteiger partial charge in [0.2, 0.25) is 0 Å². The number of rotatable bonds is 4. The molecule has 2 unspecified atom stereocenters. The molecule has 4 heteroatoms. The summed E-state index contributed by atoms with van der Waals surface area (Å²) < 4.78 is 0. The SMILES string of the molecule is NC(c1ccc(C(N)c2ccnc3ccccc23)cc1)c1ccnc2ccccc12.